The van der Waals surface area contributed by atoms with Gasteiger partial charge in [0, 0.05) is 22.2 Å². The Bertz CT molecular complexity index is 834. The average molecular weight is 294 g/mol. The summed E-state index contributed by atoms with van der Waals surface area (Å²) in [4.78, 5) is 4.56. The van der Waals surface area contributed by atoms with Crippen LogP contribution in [0.3, 0.4) is 0 Å². The lowest BCUT2D eigenvalue weighted by atomic mass is 9.97. The van der Waals surface area contributed by atoms with Gasteiger partial charge >= 0.3 is 0 Å². The first-order valence-electron chi connectivity index (χ1n) is 7.19. The van der Waals surface area contributed by atoms with Crippen molar-refractivity contribution in [1.82, 2.24) is 4.98 Å². The van der Waals surface area contributed by atoms with Gasteiger partial charge in [-0.1, -0.05) is 32.0 Å². The highest BCUT2D eigenvalue weighted by Crippen LogP contribution is 2.38. The van der Waals surface area contributed by atoms with E-state index < -0.39 is 0 Å². The van der Waals surface area contributed by atoms with Gasteiger partial charge in [-0.3, -0.25) is 0 Å². The Balaban J connectivity index is 2.20. The molecule has 0 spiro atoms. The third-order valence-corrected chi connectivity index (χ3v) is 3.76. The van der Waals surface area contributed by atoms with Crippen molar-refractivity contribution in [2.24, 2.45) is 0 Å². The van der Waals surface area contributed by atoms with E-state index in [0.717, 1.165) is 10.9 Å². The number of benzene rings is 2. The number of hydrogen-bond donors (Lipinski definition) is 3. The standard InChI is InChI=1S/C18H18N2O2/c1-10(2)18-16(21)7-11(8-17(18)22)15-9-13(19)12-5-3-4-6-14(12)20-15/h3-10,21-22H,1-2H3,(H2,19,20). The SMILES string of the molecule is CC(C)c1c(O)cc(-c2cc(N)c3ccccc3n2)cc1O. The molecule has 0 aliphatic rings. The van der Waals surface area contributed by atoms with Crippen LogP contribution in [0.5, 0.6) is 11.5 Å². The maximum absolute atomic E-state index is 10.2. The van der Waals surface area contributed by atoms with Crippen LogP contribution < -0.4 is 5.73 Å². The number of para-hydroxylation sites is 1. The molecule has 3 rings (SSSR count). The number of phenols is 2. The van der Waals surface area contributed by atoms with Crippen LogP contribution in [0.1, 0.15) is 25.3 Å². The Kier molecular flexibility index (Phi) is 3.37. The Labute approximate surface area is 128 Å². The second kappa shape index (κ2) is 5.22. The van der Waals surface area contributed by atoms with Crippen LogP contribution in [0, 0.1) is 0 Å². The minimum absolute atomic E-state index is 0.0312. The molecular weight excluding hydrogens is 276 g/mol. The van der Waals surface area contributed by atoms with Gasteiger partial charge in [-0.05, 0) is 30.2 Å². The third kappa shape index (κ3) is 2.33. The number of nitrogens with two attached hydrogens (primary N) is 1. The van der Waals surface area contributed by atoms with E-state index in [1.54, 1.807) is 18.2 Å². The molecule has 1 aromatic heterocycles. The molecule has 0 atom stereocenters. The van der Waals surface area contributed by atoms with E-state index in [9.17, 15) is 10.2 Å². The van der Waals surface area contributed by atoms with Crippen LogP contribution in [0.2, 0.25) is 0 Å². The van der Waals surface area contributed by atoms with Crippen LogP contribution in [0.4, 0.5) is 5.69 Å². The highest BCUT2D eigenvalue weighted by atomic mass is 16.3. The quantitative estimate of drug-likeness (QED) is 0.667. The summed E-state index contributed by atoms with van der Waals surface area (Å²) in [6.07, 6.45) is 0. The van der Waals surface area contributed by atoms with Gasteiger partial charge in [0.2, 0.25) is 0 Å². The van der Waals surface area contributed by atoms with Crippen molar-refractivity contribution < 1.29 is 10.2 Å². The first-order valence-corrected chi connectivity index (χ1v) is 7.19. The number of nitrogen functional groups attached to an aromatic ring is 1. The van der Waals surface area contributed by atoms with E-state index in [-0.39, 0.29) is 17.4 Å². The Morgan fingerprint density at radius 3 is 2.27 bits per heavy atom. The third-order valence-electron chi connectivity index (χ3n) is 3.76. The highest BCUT2D eigenvalue weighted by molar-refractivity contribution is 5.92. The van der Waals surface area contributed by atoms with Crippen LogP contribution >= 0.6 is 0 Å². The van der Waals surface area contributed by atoms with Crippen LogP contribution in [0.15, 0.2) is 42.5 Å². The summed E-state index contributed by atoms with van der Waals surface area (Å²) in [6, 6.07) is 12.6. The fourth-order valence-electron chi connectivity index (χ4n) is 2.71. The molecule has 0 fully saturated rings. The number of aromatic nitrogens is 1. The number of pyridine rings is 1. The van der Waals surface area contributed by atoms with Crippen LogP contribution in [-0.2, 0) is 0 Å². The van der Waals surface area contributed by atoms with Gasteiger partial charge in [0.15, 0.2) is 0 Å². The molecule has 0 unspecified atom stereocenters. The molecule has 0 saturated heterocycles. The zero-order valence-electron chi connectivity index (χ0n) is 12.5. The lowest BCUT2D eigenvalue weighted by Crippen LogP contribution is -1.94. The van der Waals surface area contributed by atoms with Crippen LogP contribution in [-0.4, -0.2) is 15.2 Å². The summed E-state index contributed by atoms with van der Waals surface area (Å²) in [5.74, 6) is 0.167. The fourth-order valence-corrected chi connectivity index (χ4v) is 2.71. The number of fused-ring (bicyclic) bond motifs is 1. The number of nitrogens with zero attached hydrogens (tertiary/aromatic N) is 1. The summed E-state index contributed by atoms with van der Waals surface area (Å²) < 4.78 is 0. The Morgan fingerprint density at radius 1 is 1.00 bits per heavy atom. The summed E-state index contributed by atoms with van der Waals surface area (Å²) in [5.41, 5.74) is 9.28. The minimum atomic E-state index is 0.0312. The largest absolute Gasteiger partial charge is 0.507 e. The Hall–Kier alpha value is -2.75. The maximum Gasteiger partial charge on any atom is 0.123 e. The van der Waals surface area contributed by atoms with Gasteiger partial charge < -0.3 is 15.9 Å². The average Bonchev–Trinajstić information content (AvgIpc) is 2.46. The van der Waals surface area contributed by atoms with Crippen molar-refractivity contribution in [2.75, 3.05) is 5.73 Å². The number of hydrogen-bond acceptors (Lipinski definition) is 4. The van der Waals surface area contributed by atoms with Gasteiger partial charge in [0.1, 0.15) is 11.5 Å². The van der Waals surface area contributed by atoms with E-state index in [1.165, 1.54) is 0 Å². The lowest BCUT2D eigenvalue weighted by molar-refractivity contribution is 0.434. The van der Waals surface area contributed by atoms with Crippen molar-refractivity contribution in [1.29, 1.82) is 0 Å². The molecule has 2 aromatic carbocycles. The van der Waals surface area contributed by atoms with Crippen molar-refractivity contribution in [3.05, 3.63) is 48.0 Å². The van der Waals surface area contributed by atoms with Gasteiger partial charge in [0.05, 0.1) is 11.2 Å². The number of phenolic OH excluding ortho intramolecular Hbond substituents is 2. The highest BCUT2D eigenvalue weighted by Gasteiger charge is 2.15. The molecule has 0 aliphatic heterocycles. The maximum atomic E-state index is 10.2. The normalized spacial score (nSPS) is 11.2. The van der Waals surface area contributed by atoms with Crippen LogP contribution in [0.25, 0.3) is 22.2 Å². The van der Waals surface area contributed by atoms with Gasteiger partial charge in [-0.15, -0.1) is 0 Å². The fraction of sp³-hybridized carbons (Fsp3) is 0.167. The van der Waals surface area contributed by atoms with E-state index >= 15 is 0 Å². The molecule has 0 amide bonds. The minimum Gasteiger partial charge on any atom is -0.507 e. The van der Waals surface area contributed by atoms with E-state index in [2.05, 4.69) is 4.98 Å². The number of anilines is 1. The number of rotatable bonds is 2. The predicted octanol–water partition coefficient (Wildman–Crippen LogP) is 4.02. The molecule has 3 aromatic rings. The predicted molar refractivity (Wildman–Crippen MR) is 89.0 cm³/mol. The molecule has 4 heteroatoms. The molecule has 0 bridgehead atoms. The summed E-state index contributed by atoms with van der Waals surface area (Å²) >= 11 is 0. The summed E-state index contributed by atoms with van der Waals surface area (Å²) in [6.45, 7) is 3.83. The van der Waals surface area contributed by atoms with Gasteiger partial charge in [-0.2, -0.15) is 0 Å². The van der Waals surface area contributed by atoms with Crippen molar-refractivity contribution in [3.63, 3.8) is 0 Å². The second-order valence-corrected chi connectivity index (χ2v) is 5.70. The first-order chi connectivity index (χ1) is 10.5. The zero-order valence-corrected chi connectivity index (χ0v) is 12.5. The molecule has 1 heterocycles. The molecule has 22 heavy (non-hydrogen) atoms. The Morgan fingerprint density at radius 2 is 1.64 bits per heavy atom. The first kappa shape index (κ1) is 14.2. The van der Waals surface area contributed by atoms with E-state index in [4.69, 9.17) is 5.73 Å². The number of aromatic hydroxyl groups is 2. The monoisotopic (exact) mass is 294 g/mol. The molecule has 0 saturated carbocycles. The van der Waals surface area contributed by atoms with Gasteiger partial charge in [-0.25, -0.2) is 4.98 Å². The lowest BCUT2D eigenvalue weighted by Gasteiger charge is -2.13. The molecule has 4 nitrogen and oxygen atoms in total. The summed E-state index contributed by atoms with van der Waals surface area (Å²) in [5, 5.41) is 21.2. The molecule has 4 N–H and O–H groups in total. The van der Waals surface area contributed by atoms with Crippen molar-refractivity contribution >= 4 is 16.6 Å². The molecular formula is C18H18N2O2. The van der Waals surface area contributed by atoms with Gasteiger partial charge in [0.25, 0.3) is 0 Å². The van der Waals surface area contributed by atoms with E-state index in [0.29, 0.717) is 22.5 Å². The molecule has 0 aliphatic carbocycles. The zero-order chi connectivity index (χ0) is 15.9. The topological polar surface area (TPSA) is 79.4 Å². The molecule has 112 valence electrons. The van der Waals surface area contributed by atoms with Crippen molar-refractivity contribution in [2.45, 2.75) is 19.8 Å². The van der Waals surface area contributed by atoms with E-state index in [1.807, 2.05) is 38.1 Å². The van der Waals surface area contributed by atoms with Crippen molar-refractivity contribution in [3.8, 4) is 22.8 Å². The second-order valence-electron chi connectivity index (χ2n) is 5.70. The smallest absolute Gasteiger partial charge is 0.123 e. The molecule has 0 radical (unpaired) electrons. The summed E-state index contributed by atoms with van der Waals surface area (Å²) in [7, 11) is 0.